The summed E-state index contributed by atoms with van der Waals surface area (Å²) < 4.78 is 2.25. The van der Waals surface area contributed by atoms with Gasteiger partial charge in [-0.1, -0.05) is 127 Å². The standard InChI is InChI=1S/C44H28N4/c1-3-15-29(16-4-1)43-34-22-9-12-24-36(34)45-44(46-43)48-38-26-14-11-23-35(38)42-40(48)28-27-39-41(42)33-21-8-7-19-31(33)32-20-10-13-25-37(32)47(39)30-17-5-2-6-18-30/h1-28H. The van der Waals surface area contributed by atoms with Gasteiger partial charge < -0.3 is 4.90 Å². The van der Waals surface area contributed by atoms with Gasteiger partial charge in [-0.2, -0.15) is 0 Å². The highest BCUT2D eigenvalue weighted by Gasteiger charge is 2.29. The molecule has 0 atom stereocenters. The van der Waals surface area contributed by atoms with Crippen molar-refractivity contribution in [1.82, 2.24) is 14.5 Å². The lowest BCUT2D eigenvalue weighted by atomic mass is 9.92. The molecule has 10 rings (SSSR count). The molecular formula is C44H28N4. The average molecular weight is 613 g/mol. The average Bonchev–Trinajstić information content (AvgIpc) is 3.43. The van der Waals surface area contributed by atoms with Crippen LogP contribution in [0.5, 0.6) is 0 Å². The molecule has 0 saturated carbocycles. The van der Waals surface area contributed by atoms with Gasteiger partial charge in [0.15, 0.2) is 0 Å². The molecule has 0 N–H and O–H groups in total. The molecule has 4 nitrogen and oxygen atoms in total. The number of hydrogen-bond donors (Lipinski definition) is 0. The second-order valence-electron chi connectivity index (χ2n) is 12.2. The first kappa shape index (κ1) is 26.7. The molecule has 0 unspecified atom stereocenters. The Morgan fingerprint density at radius 1 is 0.417 bits per heavy atom. The fourth-order valence-electron chi connectivity index (χ4n) is 7.52. The zero-order valence-corrected chi connectivity index (χ0v) is 26.0. The first-order chi connectivity index (χ1) is 23.8. The molecule has 7 aromatic carbocycles. The van der Waals surface area contributed by atoms with Crippen LogP contribution < -0.4 is 4.90 Å². The molecule has 0 spiro atoms. The second-order valence-corrected chi connectivity index (χ2v) is 12.2. The smallest absolute Gasteiger partial charge is 0.235 e. The van der Waals surface area contributed by atoms with Gasteiger partial charge in [0.1, 0.15) is 0 Å². The fraction of sp³-hybridized carbons (Fsp3) is 0. The van der Waals surface area contributed by atoms with Gasteiger partial charge >= 0.3 is 0 Å². The minimum atomic E-state index is 0.656. The van der Waals surface area contributed by atoms with E-state index >= 15 is 0 Å². The largest absolute Gasteiger partial charge is 0.309 e. The Morgan fingerprint density at radius 2 is 1.06 bits per heavy atom. The molecular weight excluding hydrogens is 585 g/mol. The van der Waals surface area contributed by atoms with Crippen LogP contribution in [-0.2, 0) is 0 Å². The van der Waals surface area contributed by atoms with Crippen LogP contribution in [0, 0.1) is 0 Å². The van der Waals surface area contributed by atoms with Crippen molar-refractivity contribution in [2.75, 3.05) is 4.90 Å². The number of rotatable bonds is 3. The molecule has 1 aliphatic rings. The lowest BCUT2D eigenvalue weighted by Crippen LogP contribution is -2.11. The molecule has 0 aliphatic carbocycles. The maximum Gasteiger partial charge on any atom is 0.235 e. The summed E-state index contributed by atoms with van der Waals surface area (Å²) in [6.45, 7) is 0. The van der Waals surface area contributed by atoms with Gasteiger partial charge in [0.2, 0.25) is 5.95 Å². The summed E-state index contributed by atoms with van der Waals surface area (Å²) in [5.74, 6) is 0.656. The molecule has 1 aliphatic heterocycles. The molecule has 224 valence electrons. The Hall–Kier alpha value is -6.52. The normalized spacial score (nSPS) is 12.1. The Bertz CT molecular complexity index is 2670. The van der Waals surface area contributed by atoms with E-state index in [0.717, 1.165) is 55.6 Å². The zero-order chi connectivity index (χ0) is 31.6. The summed E-state index contributed by atoms with van der Waals surface area (Å²) >= 11 is 0. The number of nitrogens with zero attached hydrogens (tertiary/aromatic N) is 4. The summed E-state index contributed by atoms with van der Waals surface area (Å²) in [4.78, 5) is 13.0. The third-order valence-electron chi connectivity index (χ3n) is 9.54. The van der Waals surface area contributed by atoms with Gasteiger partial charge in [-0.25, -0.2) is 9.97 Å². The van der Waals surface area contributed by atoms with E-state index in [1.807, 2.05) is 12.1 Å². The van der Waals surface area contributed by atoms with Crippen molar-refractivity contribution < 1.29 is 0 Å². The Morgan fingerprint density at radius 3 is 1.90 bits per heavy atom. The number of para-hydroxylation sites is 4. The molecule has 4 heteroatoms. The lowest BCUT2D eigenvalue weighted by molar-refractivity contribution is 1.01. The Kier molecular flexibility index (Phi) is 5.84. The van der Waals surface area contributed by atoms with Crippen molar-refractivity contribution in [3.63, 3.8) is 0 Å². The molecule has 9 aromatic rings. The molecule has 48 heavy (non-hydrogen) atoms. The van der Waals surface area contributed by atoms with Crippen molar-refractivity contribution in [2.24, 2.45) is 0 Å². The van der Waals surface area contributed by atoms with Crippen molar-refractivity contribution in [3.8, 4) is 39.5 Å². The highest BCUT2D eigenvalue weighted by atomic mass is 15.2. The van der Waals surface area contributed by atoms with E-state index in [1.165, 1.54) is 27.6 Å². The van der Waals surface area contributed by atoms with E-state index in [9.17, 15) is 0 Å². The minimum absolute atomic E-state index is 0.656. The molecule has 0 radical (unpaired) electrons. The fourth-order valence-corrected chi connectivity index (χ4v) is 7.52. The third-order valence-corrected chi connectivity index (χ3v) is 9.54. The van der Waals surface area contributed by atoms with E-state index in [-0.39, 0.29) is 0 Å². The first-order valence-corrected chi connectivity index (χ1v) is 16.3. The van der Waals surface area contributed by atoms with Crippen molar-refractivity contribution in [2.45, 2.75) is 0 Å². The maximum absolute atomic E-state index is 5.33. The highest BCUT2D eigenvalue weighted by Crippen LogP contribution is 2.54. The summed E-state index contributed by atoms with van der Waals surface area (Å²) in [6.07, 6.45) is 0. The third kappa shape index (κ3) is 3.90. The van der Waals surface area contributed by atoms with Crippen molar-refractivity contribution >= 4 is 49.8 Å². The van der Waals surface area contributed by atoms with E-state index in [4.69, 9.17) is 9.97 Å². The molecule has 0 saturated heterocycles. The van der Waals surface area contributed by atoms with Crippen LogP contribution in [0.3, 0.4) is 0 Å². The predicted octanol–water partition coefficient (Wildman–Crippen LogP) is 11.5. The van der Waals surface area contributed by atoms with Crippen LogP contribution in [0.4, 0.5) is 17.1 Å². The summed E-state index contributed by atoms with van der Waals surface area (Å²) in [6, 6.07) is 60.2. The highest BCUT2D eigenvalue weighted by molar-refractivity contribution is 6.21. The van der Waals surface area contributed by atoms with Crippen LogP contribution in [0.2, 0.25) is 0 Å². The van der Waals surface area contributed by atoms with Crippen LogP contribution in [0.25, 0.3) is 72.2 Å². The summed E-state index contributed by atoms with van der Waals surface area (Å²) in [7, 11) is 0. The second kappa shape index (κ2) is 10.5. The van der Waals surface area contributed by atoms with Gasteiger partial charge in [0, 0.05) is 38.5 Å². The first-order valence-electron chi connectivity index (χ1n) is 16.3. The Balaban J connectivity index is 1.35. The molecule has 3 heterocycles. The van der Waals surface area contributed by atoms with E-state index < -0.39 is 0 Å². The minimum Gasteiger partial charge on any atom is -0.309 e. The number of fused-ring (bicyclic) bond motifs is 10. The Labute approximate surface area is 277 Å². The van der Waals surface area contributed by atoms with Crippen molar-refractivity contribution in [1.29, 1.82) is 0 Å². The van der Waals surface area contributed by atoms with Crippen LogP contribution >= 0.6 is 0 Å². The summed E-state index contributed by atoms with van der Waals surface area (Å²) in [5.41, 5.74) is 13.3. The number of anilines is 3. The number of hydrogen-bond acceptors (Lipinski definition) is 3. The van der Waals surface area contributed by atoms with E-state index in [0.29, 0.717) is 5.95 Å². The van der Waals surface area contributed by atoms with Gasteiger partial charge in [-0.3, -0.25) is 4.57 Å². The quantitative estimate of drug-likeness (QED) is 0.199. The predicted molar refractivity (Wildman–Crippen MR) is 198 cm³/mol. The van der Waals surface area contributed by atoms with Gasteiger partial charge in [0.25, 0.3) is 0 Å². The van der Waals surface area contributed by atoms with Crippen molar-refractivity contribution in [3.05, 3.63) is 170 Å². The van der Waals surface area contributed by atoms with E-state index in [1.54, 1.807) is 0 Å². The monoisotopic (exact) mass is 612 g/mol. The molecule has 0 amide bonds. The zero-order valence-electron chi connectivity index (χ0n) is 26.0. The molecule has 2 aromatic heterocycles. The summed E-state index contributed by atoms with van der Waals surface area (Å²) in [5, 5.41) is 3.38. The molecule has 0 fully saturated rings. The SMILES string of the molecule is c1ccc(-c2nc(-n3c4ccccc4c4c5c(ccc43)N(c3ccccc3)c3ccccc3-c3ccccc3-5)nc3ccccc23)cc1. The maximum atomic E-state index is 5.33. The van der Waals surface area contributed by atoms with Crippen LogP contribution in [0.1, 0.15) is 0 Å². The van der Waals surface area contributed by atoms with Gasteiger partial charge in [-0.15, -0.1) is 0 Å². The van der Waals surface area contributed by atoms with E-state index in [2.05, 4.69) is 167 Å². The molecule has 0 bridgehead atoms. The van der Waals surface area contributed by atoms with Gasteiger partial charge in [0.05, 0.1) is 33.6 Å². The topological polar surface area (TPSA) is 34.0 Å². The number of benzene rings is 7. The van der Waals surface area contributed by atoms with Crippen LogP contribution in [-0.4, -0.2) is 14.5 Å². The lowest BCUT2D eigenvalue weighted by Gasteiger charge is -2.27. The van der Waals surface area contributed by atoms with Crippen LogP contribution in [0.15, 0.2) is 170 Å². The van der Waals surface area contributed by atoms with Gasteiger partial charge in [-0.05, 0) is 53.6 Å². The number of aromatic nitrogens is 3.